The zero-order chi connectivity index (χ0) is 33.3. The number of ketones is 2. The summed E-state index contributed by atoms with van der Waals surface area (Å²) < 4.78 is 80.5. The molecule has 0 radical (unpaired) electrons. The average Bonchev–Trinajstić information content (AvgIpc) is 3.76. The Labute approximate surface area is 253 Å². The predicted molar refractivity (Wildman–Crippen MR) is 146 cm³/mol. The van der Waals surface area contributed by atoms with Crippen LogP contribution in [0.2, 0.25) is 0 Å². The van der Waals surface area contributed by atoms with Crippen LogP contribution in [0.1, 0.15) is 58.5 Å². The fourth-order valence-electron chi connectivity index (χ4n) is 6.95. The smallest absolute Gasteiger partial charge is 0.471 e. The van der Waals surface area contributed by atoms with E-state index in [0.29, 0.717) is 23.3 Å². The van der Waals surface area contributed by atoms with Gasteiger partial charge in [0, 0.05) is 37.0 Å². The van der Waals surface area contributed by atoms with Crippen molar-refractivity contribution < 1.29 is 55.4 Å². The second-order valence-corrected chi connectivity index (χ2v) is 12.2. The third-order valence-electron chi connectivity index (χ3n) is 9.46. The van der Waals surface area contributed by atoms with Gasteiger partial charge in [0.2, 0.25) is 0 Å². The van der Waals surface area contributed by atoms with Crippen LogP contribution in [-0.4, -0.2) is 83.9 Å². The highest BCUT2D eigenvalue weighted by molar-refractivity contribution is 5.97. The Bertz CT molecular complexity index is 1590. The number of alkyl halides is 6. The molecule has 2 aliphatic carbocycles. The van der Waals surface area contributed by atoms with Crippen LogP contribution in [0.25, 0.3) is 0 Å². The number of phenols is 1. The van der Waals surface area contributed by atoms with Crippen molar-refractivity contribution in [3.63, 3.8) is 0 Å². The molecule has 8 nitrogen and oxygen atoms in total. The Hall–Kier alpha value is -4.10. The number of carbonyl (C=O) groups excluding carboxylic acids is 4. The minimum Gasteiger partial charge on any atom is -0.507 e. The molecule has 0 unspecified atom stereocenters. The fraction of sp³-hybridized carbons (Fsp3) is 0.484. The van der Waals surface area contributed by atoms with Crippen molar-refractivity contribution in [3.05, 3.63) is 58.7 Å². The van der Waals surface area contributed by atoms with E-state index in [1.165, 1.54) is 33.1 Å². The molecule has 1 N–H and O–H groups in total. The number of nitrogens with zero attached hydrogens (tertiary/aromatic N) is 2. The standard InChI is InChI=1S/C16H16F3NO3.C15H14F3NO3/c1-9(21)12-5-10(3-4-13(12)23-2)15-6-11(15)7-20(8-15)14(22)16(17,18)19;1-8(20)11-4-9(2-3-12(11)21)14-5-10(14)6-19(7-14)13(22)15(16,17)18/h3-5,11H,6-8H2,1-2H3;2-4,10,21H,5-7H2,1H3/t11-,15+;10-,14+/m11/s1. The zero-order valence-electron chi connectivity index (χ0n) is 24.5. The number of amides is 2. The maximum Gasteiger partial charge on any atom is 0.471 e. The van der Waals surface area contributed by atoms with Crippen LogP contribution in [0.15, 0.2) is 36.4 Å². The summed E-state index contributed by atoms with van der Waals surface area (Å²) in [5.41, 5.74) is 1.09. The van der Waals surface area contributed by atoms with Crippen molar-refractivity contribution in [2.75, 3.05) is 33.3 Å². The Morgan fingerprint density at radius 1 is 0.756 bits per heavy atom. The van der Waals surface area contributed by atoms with Crippen molar-refractivity contribution in [3.8, 4) is 11.5 Å². The molecule has 2 amide bonds. The summed E-state index contributed by atoms with van der Waals surface area (Å²) in [7, 11) is 1.46. The Kier molecular flexibility index (Phi) is 7.72. The van der Waals surface area contributed by atoms with Crippen molar-refractivity contribution in [1.82, 2.24) is 9.80 Å². The number of methoxy groups -OCH3 is 1. The van der Waals surface area contributed by atoms with Crippen LogP contribution in [-0.2, 0) is 20.4 Å². The van der Waals surface area contributed by atoms with E-state index in [1.54, 1.807) is 24.3 Å². The quantitative estimate of drug-likeness (QED) is 0.372. The average molecular weight is 641 g/mol. The van der Waals surface area contributed by atoms with E-state index < -0.39 is 35.0 Å². The van der Waals surface area contributed by atoms with Gasteiger partial charge < -0.3 is 19.6 Å². The maximum absolute atomic E-state index is 12.6. The molecule has 4 fully saturated rings. The molecule has 14 heteroatoms. The molecular weight excluding hydrogens is 610 g/mol. The number of piperidine rings is 2. The molecule has 2 heterocycles. The number of phenolic OH excluding ortho intramolecular Hbond substituents is 1. The van der Waals surface area contributed by atoms with Crippen molar-refractivity contribution in [1.29, 1.82) is 0 Å². The minimum atomic E-state index is -4.86. The summed E-state index contributed by atoms with van der Waals surface area (Å²) >= 11 is 0. The molecule has 0 spiro atoms. The Morgan fingerprint density at radius 3 is 1.58 bits per heavy atom. The highest BCUT2D eigenvalue weighted by Gasteiger charge is 2.64. The molecule has 4 aliphatic rings. The lowest BCUT2D eigenvalue weighted by atomic mass is 9.92. The van der Waals surface area contributed by atoms with Crippen LogP contribution >= 0.6 is 0 Å². The monoisotopic (exact) mass is 640 g/mol. The largest absolute Gasteiger partial charge is 0.507 e. The molecule has 45 heavy (non-hydrogen) atoms. The summed E-state index contributed by atoms with van der Waals surface area (Å²) in [6.45, 7) is 2.96. The number of fused-ring (bicyclic) bond motifs is 2. The van der Waals surface area contributed by atoms with Gasteiger partial charge in [-0.25, -0.2) is 0 Å². The second kappa shape index (κ2) is 10.8. The number of ether oxygens (including phenoxy) is 1. The number of hydrogen-bond acceptors (Lipinski definition) is 6. The molecule has 6 rings (SSSR count). The van der Waals surface area contributed by atoms with Gasteiger partial charge >= 0.3 is 24.2 Å². The van der Waals surface area contributed by atoms with E-state index in [0.717, 1.165) is 21.8 Å². The van der Waals surface area contributed by atoms with Gasteiger partial charge in [-0.1, -0.05) is 12.1 Å². The van der Waals surface area contributed by atoms with E-state index in [4.69, 9.17) is 4.74 Å². The molecule has 2 saturated heterocycles. The van der Waals surface area contributed by atoms with Crippen LogP contribution < -0.4 is 4.74 Å². The fourth-order valence-corrected chi connectivity index (χ4v) is 6.95. The molecule has 0 aromatic heterocycles. The predicted octanol–water partition coefficient (Wildman–Crippen LogP) is 4.82. The minimum absolute atomic E-state index is 0.00186. The van der Waals surface area contributed by atoms with Gasteiger partial charge in [-0.15, -0.1) is 0 Å². The van der Waals surface area contributed by atoms with Gasteiger partial charge in [0.25, 0.3) is 0 Å². The molecule has 2 aliphatic heterocycles. The maximum atomic E-state index is 12.6. The molecule has 4 atom stereocenters. The molecule has 242 valence electrons. The highest BCUT2D eigenvalue weighted by atomic mass is 19.4. The van der Waals surface area contributed by atoms with Crippen LogP contribution in [0, 0.1) is 11.8 Å². The highest BCUT2D eigenvalue weighted by Crippen LogP contribution is 2.60. The topological polar surface area (TPSA) is 104 Å². The van der Waals surface area contributed by atoms with Crippen LogP contribution in [0.4, 0.5) is 26.3 Å². The molecular formula is C31H30F6N2O6. The number of hydrogen-bond donors (Lipinski definition) is 1. The molecule has 2 saturated carbocycles. The van der Waals surface area contributed by atoms with E-state index >= 15 is 0 Å². The molecule has 0 bridgehead atoms. The normalized spacial score (nSPS) is 26.3. The first-order valence-electron chi connectivity index (χ1n) is 14.1. The van der Waals surface area contributed by atoms with Crippen molar-refractivity contribution in [2.45, 2.75) is 49.9 Å². The first kappa shape index (κ1) is 32.3. The second-order valence-electron chi connectivity index (χ2n) is 12.2. The van der Waals surface area contributed by atoms with Gasteiger partial charge in [0.05, 0.1) is 18.2 Å². The molecule has 2 aromatic carbocycles. The summed E-state index contributed by atoms with van der Waals surface area (Å²) in [6, 6.07) is 9.63. The molecule has 2 aromatic rings. The number of likely N-dealkylation sites (tertiary alicyclic amines) is 2. The first-order valence-corrected chi connectivity index (χ1v) is 14.1. The lowest BCUT2D eigenvalue weighted by Gasteiger charge is -2.22. The number of carbonyl (C=O) groups is 4. The summed E-state index contributed by atoms with van der Waals surface area (Å²) in [5.74, 6) is -3.80. The summed E-state index contributed by atoms with van der Waals surface area (Å²) in [4.78, 5) is 47.6. The van der Waals surface area contributed by atoms with Gasteiger partial charge in [-0.3, -0.25) is 19.2 Å². The Morgan fingerprint density at radius 2 is 1.18 bits per heavy atom. The van der Waals surface area contributed by atoms with Crippen LogP contribution in [0.5, 0.6) is 11.5 Å². The van der Waals surface area contributed by atoms with E-state index in [2.05, 4.69) is 0 Å². The van der Waals surface area contributed by atoms with Crippen molar-refractivity contribution >= 4 is 23.4 Å². The third-order valence-corrected chi connectivity index (χ3v) is 9.46. The Balaban J connectivity index is 0.000000178. The SMILES string of the molecule is CC(=O)c1cc([C@@]23C[C@@H]2CN(C(=O)C(F)(F)F)C3)ccc1O.COc1ccc([C@@]23C[C@@H]2CN(C(=O)C(F)(F)F)C3)cc1C(C)=O. The van der Waals surface area contributed by atoms with E-state index in [1.807, 2.05) is 0 Å². The lowest BCUT2D eigenvalue weighted by Crippen LogP contribution is -2.41. The van der Waals surface area contributed by atoms with Gasteiger partial charge in [-0.2, -0.15) is 26.3 Å². The zero-order valence-corrected chi connectivity index (χ0v) is 24.5. The number of benzene rings is 2. The number of halogens is 6. The lowest BCUT2D eigenvalue weighted by molar-refractivity contribution is -0.184. The third kappa shape index (κ3) is 5.74. The first-order chi connectivity index (χ1) is 20.8. The summed E-state index contributed by atoms with van der Waals surface area (Å²) in [5, 5.41) is 9.66. The number of Topliss-reactive ketones (excluding diaryl/α,β-unsaturated/α-hetero) is 2. The van der Waals surface area contributed by atoms with Crippen molar-refractivity contribution in [2.24, 2.45) is 11.8 Å². The van der Waals surface area contributed by atoms with E-state index in [-0.39, 0.29) is 60.9 Å². The number of aromatic hydroxyl groups is 1. The number of rotatable bonds is 5. The van der Waals surface area contributed by atoms with Gasteiger partial charge in [-0.05, 0) is 73.9 Å². The summed E-state index contributed by atoms with van der Waals surface area (Å²) in [6.07, 6.45) is -8.28. The van der Waals surface area contributed by atoms with Gasteiger partial charge in [0.15, 0.2) is 11.6 Å². The van der Waals surface area contributed by atoms with Crippen LogP contribution in [0.3, 0.4) is 0 Å². The van der Waals surface area contributed by atoms with Gasteiger partial charge in [0.1, 0.15) is 11.5 Å². The van der Waals surface area contributed by atoms with E-state index in [9.17, 15) is 50.6 Å².